The van der Waals surface area contributed by atoms with Crippen LogP contribution < -0.4 is 16.4 Å². The molecule has 0 aliphatic heterocycles. The Morgan fingerprint density at radius 3 is 2.61 bits per heavy atom. The Bertz CT molecular complexity index is 520. The van der Waals surface area contributed by atoms with Crippen LogP contribution in [0.2, 0.25) is 0 Å². The summed E-state index contributed by atoms with van der Waals surface area (Å²) in [5, 5.41) is 5.64. The molecule has 1 fully saturated rings. The van der Waals surface area contributed by atoms with Crippen LogP contribution in [0.15, 0.2) is 30.3 Å². The Kier molecular flexibility index (Phi) is 7.52. The van der Waals surface area contributed by atoms with Crippen LogP contribution in [0.1, 0.15) is 39.0 Å². The van der Waals surface area contributed by atoms with Gasteiger partial charge in [-0.1, -0.05) is 31.0 Å². The van der Waals surface area contributed by atoms with E-state index in [-0.39, 0.29) is 36.6 Å². The molecule has 0 aromatic heterocycles. The summed E-state index contributed by atoms with van der Waals surface area (Å²) in [4.78, 5) is 24.0. The molecule has 23 heavy (non-hydrogen) atoms. The van der Waals surface area contributed by atoms with E-state index in [0.29, 0.717) is 6.54 Å². The van der Waals surface area contributed by atoms with Gasteiger partial charge in [0.15, 0.2) is 0 Å². The smallest absolute Gasteiger partial charge is 0.226 e. The fourth-order valence-electron chi connectivity index (χ4n) is 2.96. The van der Waals surface area contributed by atoms with Crippen molar-refractivity contribution in [3.63, 3.8) is 0 Å². The van der Waals surface area contributed by atoms with Gasteiger partial charge in [0.25, 0.3) is 0 Å². The van der Waals surface area contributed by atoms with Crippen molar-refractivity contribution in [2.24, 2.45) is 11.7 Å². The van der Waals surface area contributed by atoms with E-state index >= 15 is 0 Å². The fourth-order valence-corrected chi connectivity index (χ4v) is 2.96. The molecule has 2 unspecified atom stereocenters. The lowest BCUT2D eigenvalue weighted by Crippen LogP contribution is -2.53. The standard InChI is InChI=1S/C17H25N3O2.ClH/c1-17(18)11-6-5-9-14(17)16(22)19-12-10-15(21)20-13-7-3-2-4-8-13;/h2-4,7-8,14H,5-6,9-12,18H2,1H3,(H,19,22)(H,20,21);1H. The summed E-state index contributed by atoms with van der Waals surface area (Å²) in [5.41, 5.74) is 6.55. The van der Waals surface area contributed by atoms with Gasteiger partial charge in [-0.3, -0.25) is 9.59 Å². The number of halogens is 1. The second kappa shape index (κ2) is 8.89. The van der Waals surface area contributed by atoms with Crippen molar-refractivity contribution in [1.82, 2.24) is 5.32 Å². The van der Waals surface area contributed by atoms with Crippen molar-refractivity contribution < 1.29 is 9.59 Å². The van der Waals surface area contributed by atoms with Crippen molar-refractivity contribution in [2.45, 2.75) is 44.6 Å². The number of nitrogens with two attached hydrogens (primary N) is 1. The van der Waals surface area contributed by atoms with Gasteiger partial charge in [0.1, 0.15) is 0 Å². The molecule has 5 nitrogen and oxygen atoms in total. The van der Waals surface area contributed by atoms with E-state index in [9.17, 15) is 9.59 Å². The third-order valence-corrected chi connectivity index (χ3v) is 4.28. The quantitative estimate of drug-likeness (QED) is 0.770. The van der Waals surface area contributed by atoms with Crippen molar-refractivity contribution in [3.05, 3.63) is 30.3 Å². The zero-order chi connectivity index (χ0) is 16.0. The molecule has 0 radical (unpaired) electrons. The Hall–Kier alpha value is -1.59. The SMILES string of the molecule is CC1(N)CCCCC1C(=O)NCCC(=O)Nc1ccccc1.Cl. The molecule has 2 rings (SSSR count). The number of hydrogen-bond acceptors (Lipinski definition) is 3. The minimum absolute atomic E-state index is 0. The molecule has 2 amide bonds. The summed E-state index contributed by atoms with van der Waals surface area (Å²) in [6.45, 7) is 2.28. The first-order valence-electron chi connectivity index (χ1n) is 7.90. The highest BCUT2D eigenvalue weighted by Gasteiger charge is 2.37. The van der Waals surface area contributed by atoms with E-state index < -0.39 is 5.54 Å². The van der Waals surface area contributed by atoms with Crippen LogP contribution in [0.3, 0.4) is 0 Å². The van der Waals surface area contributed by atoms with Gasteiger partial charge in [-0.25, -0.2) is 0 Å². The Morgan fingerprint density at radius 2 is 1.96 bits per heavy atom. The third kappa shape index (κ3) is 5.84. The van der Waals surface area contributed by atoms with Crippen molar-refractivity contribution in [3.8, 4) is 0 Å². The molecule has 0 heterocycles. The number of benzene rings is 1. The van der Waals surface area contributed by atoms with Crippen molar-refractivity contribution in [1.29, 1.82) is 0 Å². The van der Waals surface area contributed by atoms with Gasteiger partial charge < -0.3 is 16.4 Å². The predicted molar refractivity (Wildman–Crippen MR) is 94.5 cm³/mol. The van der Waals surface area contributed by atoms with Gasteiger partial charge in [-0.2, -0.15) is 0 Å². The first-order chi connectivity index (χ1) is 10.5. The molecule has 4 N–H and O–H groups in total. The summed E-state index contributed by atoms with van der Waals surface area (Å²) in [6, 6.07) is 9.28. The number of amides is 2. The predicted octanol–water partition coefficient (Wildman–Crippen LogP) is 2.46. The summed E-state index contributed by atoms with van der Waals surface area (Å²) < 4.78 is 0. The molecule has 0 saturated heterocycles. The average molecular weight is 340 g/mol. The summed E-state index contributed by atoms with van der Waals surface area (Å²) in [7, 11) is 0. The molecule has 1 aliphatic carbocycles. The van der Waals surface area contributed by atoms with Crippen LogP contribution in [0.5, 0.6) is 0 Å². The molecule has 0 bridgehead atoms. The Balaban J connectivity index is 0.00000264. The number of carbonyl (C=O) groups excluding carboxylic acids is 2. The molecular formula is C17H26ClN3O2. The van der Waals surface area contributed by atoms with Crippen molar-refractivity contribution in [2.75, 3.05) is 11.9 Å². The molecule has 2 atom stereocenters. The van der Waals surface area contributed by atoms with E-state index in [2.05, 4.69) is 10.6 Å². The highest BCUT2D eigenvalue weighted by Crippen LogP contribution is 2.31. The van der Waals surface area contributed by atoms with E-state index in [1.54, 1.807) is 0 Å². The number of rotatable bonds is 5. The minimum atomic E-state index is -0.436. The highest BCUT2D eigenvalue weighted by molar-refractivity contribution is 5.91. The van der Waals surface area contributed by atoms with Gasteiger partial charge in [-0.15, -0.1) is 12.4 Å². The molecule has 128 valence electrons. The molecular weight excluding hydrogens is 314 g/mol. The van der Waals surface area contributed by atoms with Gasteiger partial charge >= 0.3 is 0 Å². The van der Waals surface area contributed by atoms with Crippen LogP contribution >= 0.6 is 12.4 Å². The van der Waals surface area contributed by atoms with Crippen molar-refractivity contribution >= 4 is 29.9 Å². The summed E-state index contributed by atoms with van der Waals surface area (Å²) in [6.07, 6.45) is 4.08. The largest absolute Gasteiger partial charge is 0.355 e. The second-order valence-corrected chi connectivity index (χ2v) is 6.26. The molecule has 1 aromatic carbocycles. The monoisotopic (exact) mass is 339 g/mol. The highest BCUT2D eigenvalue weighted by atomic mass is 35.5. The molecule has 1 saturated carbocycles. The molecule has 6 heteroatoms. The minimum Gasteiger partial charge on any atom is -0.355 e. The first kappa shape index (κ1) is 19.5. The van der Waals surface area contributed by atoms with E-state index in [1.807, 2.05) is 37.3 Å². The number of anilines is 1. The number of hydrogen-bond donors (Lipinski definition) is 3. The van der Waals surface area contributed by atoms with Crippen LogP contribution in [0, 0.1) is 5.92 Å². The summed E-state index contributed by atoms with van der Waals surface area (Å²) in [5.74, 6) is -0.290. The molecule has 1 aliphatic rings. The number of carbonyl (C=O) groups is 2. The lowest BCUT2D eigenvalue weighted by atomic mass is 9.74. The van der Waals surface area contributed by atoms with E-state index in [0.717, 1.165) is 31.4 Å². The van der Waals surface area contributed by atoms with Gasteiger partial charge in [0.2, 0.25) is 11.8 Å². The third-order valence-electron chi connectivity index (χ3n) is 4.28. The topological polar surface area (TPSA) is 84.2 Å². The summed E-state index contributed by atoms with van der Waals surface area (Å²) >= 11 is 0. The maximum atomic E-state index is 12.2. The fraction of sp³-hybridized carbons (Fsp3) is 0.529. The van der Waals surface area contributed by atoms with E-state index in [4.69, 9.17) is 5.73 Å². The average Bonchev–Trinajstić information content (AvgIpc) is 2.47. The molecule has 0 spiro atoms. The van der Waals surface area contributed by atoms with E-state index in [1.165, 1.54) is 0 Å². The molecule has 1 aromatic rings. The van der Waals surface area contributed by atoms with Crippen LogP contribution in [0.4, 0.5) is 5.69 Å². The normalized spacial score (nSPS) is 23.5. The Labute approximate surface area is 143 Å². The first-order valence-corrected chi connectivity index (χ1v) is 7.90. The van der Waals surface area contributed by atoms with Crippen LogP contribution in [-0.2, 0) is 9.59 Å². The lowest BCUT2D eigenvalue weighted by Gasteiger charge is -2.37. The van der Waals surface area contributed by atoms with Gasteiger partial charge in [-0.05, 0) is 31.9 Å². The van der Waals surface area contributed by atoms with Gasteiger partial charge in [0.05, 0.1) is 5.92 Å². The second-order valence-electron chi connectivity index (χ2n) is 6.26. The maximum Gasteiger partial charge on any atom is 0.226 e. The Morgan fingerprint density at radius 1 is 1.26 bits per heavy atom. The number of para-hydroxylation sites is 1. The maximum absolute atomic E-state index is 12.2. The zero-order valence-corrected chi connectivity index (χ0v) is 14.3. The lowest BCUT2D eigenvalue weighted by molar-refractivity contribution is -0.128. The number of nitrogens with one attached hydrogen (secondary N) is 2. The van der Waals surface area contributed by atoms with Crippen LogP contribution in [-0.4, -0.2) is 23.9 Å². The van der Waals surface area contributed by atoms with Gasteiger partial charge in [0, 0.05) is 24.2 Å². The van der Waals surface area contributed by atoms with Crippen LogP contribution in [0.25, 0.3) is 0 Å². The zero-order valence-electron chi connectivity index (χ0n) is 13.5.